The maximum absolute atomic E-state index is 5.67. The number of hydrogen-bond acceptors (Lipinski definition) is 4. The highest BCUT2D eigenvalue weighted by atomic mass is 16.5. The van der Waals surface area contributed by atoms with Crippen LogP contribution in [0.4, 0.5) is 0 Å². The summed E-state index contributed by atoms with van der Waals surface area (Å²) < 4.78 is 7.47. The summed E-state index contributed by atoms with van der Waals surface area (Å²) in [6, 6.07) is 0. The lowest BCUT2D eigenvalue weighted by Crippen LogP contribution is -2.09. The van der Waals surface area contributed by atoms with Crippen LogP contribution in [0.1, 0.15) is 33.8 Å². The standard InChI is InChI=1S/C16H24N4O/c1-10-8-18-15(11(2)16(10)21-5)9-20-13(4)14(6-7-17)12(3)19-20/h8H,6-7,9,17H2,1-5H3. The minimum atomic E-state index is 0.642. The van der Waals surface area contributed by atoms with Crippen LogP contribution in [0.3, 0.4) is 0 Å². The van der Waals surface area contributed by atoms with E-state index in [9.17, 15) is 0 Å². The average Bonchev–Trinajstić information content (AvgIpc) is 2.71. The van der Waals surface area contributed by atoms with Gasteiger partial charge in [0.25, 0.3) is 0 Å². The first-order valence-electron chi connectivity index (χ1n) is 7.21. The van der Waals surface area contributed by atoms with Crippen molar-refractivity contribution in [2.45, 2.75) is 40.7 Å². The molecule has 2 aromatic rings. The number of nitrogens with zero attached hydrogens (tertiary/aromatic N) is 3. The Bertz CT molecular complexity index is 646. The van der Waals surface area contributed by atoms with E-state index in [0.717, 1.165) is 34.7 Å². The zero-order valence-electron chi connectivity index (χ0n) is 13.5. The Hall–Kier alpha value is -1.88. The fraction of sp³-hybridized carbons (Fsp3) is 0.500. The average molecular weight is 288 g/mol. The lowest BCUT2D eigenvalue weighted by atomic mass is 10.1. The Morgan fingerprint density at radius 3 is 2.57 bits per heavy atom. The van der Waals surface area contributed by atoms with Gasteiger partial charge in [0, 0.05) is 23.0 Å². The van der Waals surface area contributed by atoms with Crippen LogP contribution >= 0.6 is 0 Å². The summed E-state index contributed by atoms with van der Waals surface area (Å²) in [6.45, 7) is 9.46. The normalized spacial score (nSPS) is 11.0. The summed E-state index contributed by atoms with van der Waals surface area (Å²) in [4.78, 5) is 4.54. The van der Waals surface area contributed by atoms with Crippen molar-refractivity contribution in [1.82, 2.24) is 14.8 Å². The third kappa shape index (κ3) is 2.93. The smallest absolute Gasteiger partial charge is 0.128 e. The molecule has 0 aliphatic heterocycles. The molecule has 0 atom stereocenters. The SMILES string of the molecule is COc1c(C)cnc(Cn2nc(C)c(CCN)c2C)c1C. The first-order valence-corrected chi connectivity index (χ1v) is 7.21. The number of methoxy groups -OCH3 is 1. The van der Waals surface area contributed by atoms with E-state index in [0.29, 0.717) is 13.1 Å². The largest absolute Gasteiger partial charge is 0.496 e. The van der Waals surface area contributed by atoms with Crippen molar-refractivity contribution in [3.05, 3.63) is 40.0 Å². The van der Waals surface area contributed by atoms with E-state index in [1.807, 2.05) is 31.6 Å². The van der Waals surface area contributed by atoms with Crippen molar-refractivity contribution in [3.8, 4) is 5.75 Å². The van der Waals surface area contributed by atoms with Crippen molar-refractivity contribution in [3.63, 3.8) is 0 Å². The molecule has 2 aromatic heterocycles. The number of aromatic nitrogens is 3. The molecule has 2 rings (SSSR count). The molecule has 2 heterocycles. The van der Waals surface area contributed by atoms with Crippen molar-refractivity contribution >= 4 is 0 Å². The van der Waals surface area contributed by atoms with E-state index in [1.54, 1.807) is 7.11 Å². The maximum atomic E-state index is 5.67. The molecule has 0 aliphatic rings. The zero-order valence-corrected chi connectivity index (χ0v) is 13.5. The van der Waals surface area contributed by atoms with Crippen LogP contribution in [-0.4, -0.2) is 28.4 Å². The van der Waals surface area contributed by atoms with Gasteiger partial charge in [-0.1, -0.05) is 0 Å². The molecule has 0 radical (unpaired) electrons. The summed E-state index contributed by atoms with van der Waals surface area (Å²) in [5.41, 5.74) is 12.2. The summed E-state index contributed by atoms with van der Waals surface area (Å²) in [7, 11) is 1.70. The number of rotatable bonds is 5. The van der Waals surface area contributed by atoms with Crippen LogP contribution in [-0.2, 0) is 13.0 Å². The molecule has 0 aliphatic carbocycles. The fourth-order valence-corrected chi connectivity index (χ4v) is 2.77. The van der Waals surface area contributed by atoms with Gasteiger partial charge in [-0.3, -0.25) is 9.67 Å². The van der Waals surface area contributed by atoms with Crippen molar-refractivity contribution in [2.75, 3.05) is 13.7 Å². The van der Waals surface area contributed by atoms with Gasteiger partial charge in [-0.15, -0.1) is 0 Å². The maximum Gasteiger partial charge on any atom is 0.128 e. The van der Waals surface area contributed by atoms with Gasteiger partial charge in [0.2, 0.25) is 0 Å². The lowest BCUT2D eigenvalue weighted by Gasteiger charge is -2.13. The molecule has 5 nitrogen and oxygen atoms in total. The van der Waals surface area contributed by atoms with E-state index in [-0.39, 0.29) is 0 Å². The monoisotopic (exact) mass is 288 g/mol. The van der Waals surface area contributed by atoms with Crippen LogP contribution in [0.5, 0.6) is 5.75 Å². The molecule has 2 N–H and O–H groups in total. The van der Waals surface area contributed by atoms with Gasteiger partial charge in [0.05, 0.1) is 25.0 Å². The third-order valence-electron chi connectivity index (χ3n) is 3.98. The van der Waals surface area contributed by atoms with E-state index in [4.69, 9.17) is 10.5 Å². The lowest BCUT2D eigenvalue weighted by molar-refractivity contribution is 0.406. The van der Waals surface area contributed by atoms with Crippen LogP contribution in [0, 0.1) is 27.7 Å². The van der Waals surface area contributed by atoms with Crippen LogP contribution < -0.4 is 10.5 Å². The number of hydrogen-bond donors (Lipinski definition) is 1. The van der Waals surface area contributed by atoms with Gasteiger partial charge in [0.1, 0.15) is 5.75 Å². The highest BCUT2D eigenvalue weighted by Crippen LogP contribution is 2.25. The molecular weight excluding hydrogens is 264 g/mol. The molecule has 0 unspecified atom stereocenters. The topological polar surface area (TPSA) is 66.0 Å². The molecule has 0 saturated heterocycles. The number of pyridine rings is 1. The third-order valence-corrected chi connectivity index (χ3v) is 3.98. The molecule has 0 fully saturated rings. The molecular formula is C16H24N4O. The highest BCUT2D eigenvalue weighted by molar-refractivity contribution is 5.41. The molecule has 0 aromatic carbocycles. The van der Waals surface area contributed by atoms with Gasteiger partial charge in [0.15, 0.2) is 0 Å². The van der Waals surface area contributed by atoms with E-state index < -0.39 is 0 Å². The highest BCUT2D eigenvalue weighted by Gasteiger charge is 2.14. The Labute approximate surface area is 126 Å². The molecule has 0 amide bonds. The fourth-order valence-electron chi connectivity index (χ4n) is 2.77. The summed E-state index contributed by atoms with van der Waals surface area (Å²) in [6.07, 6.45) is 2.72. The Morgan fingerprint density at radius 1 is 1.24 bits per heavy atom. The first-order chi connectivity index (χ1) is 9.99. The zero-order chi connectivity index (χ0) is 15.6. The summed E-state index contributed by atoms with van der Waals surface area (Å²) in [5, 5.41) is 4.62. The van der Waals surface area contributed by atoms with Gasteiger partial charge < -0.3 is 10.5 Å². The van der Waals surface area contributed by atoms with Gasteiger partial charge >= 0.3 is 0 Å². The predicted octanol–water partition coefficient (Wildman–Crippen LogP) is 2.07. The summed E-state index contributed by atoms with van der Waals surface area (Å²) >= 11 is 0. The van der Waals surface area contributed by atoms with Gasteiger partial charge in [-0.25, -0.2) is 0 Å². The van der Waals surface area contributed by atoms with Crippen molar-refractivity contribution < 1.29 is 4.74 Å². The van der Waals surface area contributed by atoms with Gasteiger partial charge in [-0.2, -0.15) is 5.10 Å². The molecule has 0 spiro atoms. The molecule has 0 saturated carbocycles. The Morgan fingerprint density at radius 2 is 1.95 bits per heavy atom. The quantitative estimate of drug-likeness (QED) is 0.914. The molecule has 21 heavy (non-hydrogen) atoms. The van der Waals surface area contributed by atoms with Crippen molar-refractivity contribution in [1.29, 1.82) is 0 Å². The van der Waals surface area contributed by atoms with Crippen LogP contribution in [0.25, 0.3) is 0 Å². The second-order valence-corrected chi connectivity index (χ2v) is 5.39. The first kappa shape index (κ1) is 15.5. The Balaban J connectivity index is 2.37. The van der Waals surface area contributed by atoms with Crippen LogP contribution in [0.2, 0.25) is 0 Å². The molecule has 5 heteroatoms. The minimum absolute atomic E-state index is 0.642. The van der Waals surface area contributed by atoms with Crippen LogP contribution in [0.15, 0.2) is 6.20 Å². The minimum Gasteiger partial charge on any atom is -0.496 e. The second-order valence-electron chi connectivity index (χ2n) is 5.39. The molecule has 114 valence electrons. The van der Waals surface area contributed by atoms with Crippen molar-refractivity contribution in [2.24, 2.45) is 5.73 Å². The molecule has 0 bridgehead atoms. The van der Waals surface area contributed by atoms with E-state index >= 15 is 0 Å². The number of ether oxygens (including phenoxy) is 1. The van der Waals surface area contributed by atoms with E-state index in [2.05, 4.69) is 17.0 Å². The summed E-state index contributed by atoms with van der Waals surface area (Å²) in [5.74, 6) is 0.906. The van der Waals surface area contributed by atoms with E-state index in [1.165, 1.54) is 11.3 Å². The predicted molar refractivity (Wildman–Crippen MR) is 83.8 cm³/mol. The second kappa shape index (κ2) is 6.26. The number of aryl methyl sites for hydroxylation is 2. The number of nitrogens with two attached hydrogens (primary N) is 1. The van der Waals surface area contributed by atoms with Gasteiger partial charge in [-0.05, 0) is 46.2 Å². The Kier molecular flexibility index (Phi) is 4.63.